The van der Waals surface area contributed by atoms with Crippen molar-refractivity contribution in [2.45, 2.75) is 38.8 Å². The van der Waals surface area contributed by atoms with Crippen LogP contribution in [0.25, 0.3) is 0 Å². The van der Waals surface area contributed by atoms with E-state index in [1.807, 2.05) is 5.38 Å². The number of carbonyl (C=O) groups excluding carboxylic acids is 1. The van der Waals surface area contributed by atoms with E-state index in [1.54, 1.807) is 17.0 Å². The normalized spacial score (nSPS) is 20.1. The van der Waals surface area contributed by atoms with E-state index >= 15 is 0 Å². The molecule has 2 amide bonds. The molecule has 0 radical (unpaired) electrons. The molecular weight excluding hydrogens is 276 g/mol. The van der Waals surface area contributed by atoms with E-state index in [0.29, 0.717) is 17.3 Å². The lowest BCUT2D eigenvalue weighted by molar-refractivity contribution is -0.139. The Morgan fingerprint density at radius 1 is 1.50 bits per heavy atom. The number of hydrogen-bond acceptors (Lipinski definition) is 3. The number of carboxylic acids is 1. The number of urea groups is 1. The Labute approximate surface area is 122 Å². The van der Waals surface area contributed by atoms with Gasteiger partial charge in [-0.3, -0.25) is 0 Å². The molecule has 1 aliphatic heterocycles. The van der Waals surface area contributed by atoms with Gasteiger partial charge in [0, 0.05) is 17.5 Å². The smallest absolute Gasteiger partial charge is 0.331 e. The van der Waals surface area contributed by atoms with Crippen LogP contribution < -0.4 is 5.32 Å². The maximum absolute atomic E-state index is 12.3. The Morgan fingerprint density at radius 2 is 2.25 bits per heavy atom. The third-order valence-corrected chi connectivity index (χ3v) is 4.61. The first-order chi connectivity index (χ1) is 9.50. The molecule has 6 heteroatoms. The number of aliphatic carboxylic acids is 1. The zero-order valence-electron chi connectivity index (χ0n) is 11.7. The molecule has 2 heterocycles. The SMILES string of the molecule is CC(C)C1CCCN1C(=O)NC(C(=O)O)c1cccs1. The Bertz CT molecular complexity index is 473. The van der Waals surface area contributed by atoms with Gasteiger partial charge in [-0.25, -0.2) is 9.59 Å². The number of carbonyl (C=O) groups is 2. The van der Waals surface area contributed by atoms with E-state index < -0.39 is 12.0 Å². The van der Waals surface area contributed by atoms with Crippen LogP contribution in [-0.2, 0) is 4.79 Å². The van der Waals surface area contributed by atoms with E-state index in [4.69, 9.17) is 0 Å². The number of amides is 2. The average molecular weight is 296 g/mol. The minimum atomic E-state index is -1.03. The van der Waals surface area contributed by atoms with Crippen LogP contribution in [-0.4, -0.2) is 34.6 Å². The second-order valence-corrected chi connectivity index (χ2v) is 6.36. The van der Waals surface area contributed by atoms with E-state index in [-0.39, 0.29) is 12.1 Å². The van der Waals surface area contributed by atoms with Gasteiger partial charge in [0.2, 0.25) is 0 Å². The van der Waals surface area contributed by atoms with Crippen molar-refractivity contribution < 1.29 is 14.7 Å². The monoisotopic (exact) mass is 296 g/mol. The van der Waals surface area contributed by atoms with Crippen molar-refractivity contribution >= 4 is 23.3 Å². The first-order valence-electron chi connectivity index (χ1n) is 6.84. The van der Waals surface area contributed by atoms with Gasteiger partial charge < -0.3 is 15.3 Å². The summed E-state index contributed by atoms with van der Waals surface area (Å²) in [4.78, 5) is 26.1. The maximum atomic E-state index is 12.3. The lowest BCUT2D eigenvalue weighted by Gasteiger charge is -2.29. The Balaban J connectivity index is 2.07. The fourth-order valence-electron chi connectivity index (χ4n) is 2.65. The summed E-state index contributed by atoms with van der Waals surface area (Å²) in [6.07, 6.45) is 1.97. The molecule has 1 saturated heterocycles. The third-order valence-electron chi connectivity index (χ3n) is 3.67. The predicted octanol–water partition coefficient (Wildman–Crippen LogP) is 2.70. The summed E-state index contributed by atoms with van der Waals surface area (Å²) in [6, 6.07) is 2.48. The number of nitrogens with zero attached hydrogens (tertiary/aromatic N) is 1. The Hall–Kier alpha value is -1.56. The second-order valence-electron chi connectivity index (χ2n) is 5.38. The van der Waals surface area contributed by atoms with Crippen LogP contribution in [0.5, 0.6) is 0 Å². The molecule has 20 heavy (non-hydrogen) atoms. The van der Waals surface area contributed by atoms with Crippen molar-refractivity contribution in [3.63, 3.8) is 0 Å². The minimum absolute atomic E-state index is 0.202. The van der Waals surface area contributed by atoms with Gasteiger partial charge in [0.05, 0.1) is 0 Å². The van der Waals surface area contributed by atoms with Gasteiger partial charge in [0.25, 0.3) is 0 Å². The topological polar surface area (TPSA) is 69.6 Å². The molecule has 1 fully saturated rings. The standard InChI is InChI=1S/C14H20N2O3S/c1-9(2)10-5-3-7-16(10)14(19)15-12(13(17)18)11-6-4-8-20-11/h4,6,8-10,12H,3,5,7H2,1-2H3,(H,15,19)(H,17,18). The first kappa shape index (κ1) is 14.8. The van der Waals surface area contributed by atoms with Gasteiger partial charge in [-0.05, 0) is 30.2 Å². The van der Waals surface area contributed by atoms with Crippen LogP contribution in [0.2, 0.25) is 0 Å². The van der Waals surface area contributed by atoms with Crippen molar-refractivity contribution in [2.75, 3.05) is 6.54 Å². The molecule has 1 aromatic heterocycles. The van der Waals surface area contributed by atoms with Crippen LogP contribution in [0.4, 0.5) is 4.79 Å². The van der Waals surface area contributed by atoms with Gasteiger partial charge in [0.15, 0.2) is 6.04 Å². The quantitative estimate of drug-likeness (QED) is 0.897. The van der Waals surface area contributed by atoms with Gasteiger partial charge >= 0.3 is 12.0 Å². The van der Waals surface area contributed by atoms with Crippen molar-refractivity contribution in [2.24, 2.45) is 5.92 Å². The van der Waals surface area contributed by atoms with E-state index in [1.165, 1.54) is 11.3 Å². The minimum Gasteiger partial charge on any atom is -0.479 e. The number of rotatable bonds is 4. The molecule has 2 N–H and O–H groups in total. The molecule has 0 saturated carbocycles. The predicted molar refractivity (Wildman–Crippen MR) is 77.8 cm³/mol. The van der Waals surface area contributed by atoms with Crippen molar-refractivity contribution in [1.29, 1.82) is 0 Å². The number of carboxylic acid groups (broad SMARTS) is 1. The molecule has 110 valence electrons. The molecule has 1 aromatic rings. The fraction of sp³-hybridized carbons (Fsp3) is 0.571. The zero-order chi connectivity index (χ0) is 14.7. The highest BCUT2D eigenvalue weighted by Gasteiger charge is 2.33. The van der Waals surface area contributed by atoms with Crippen molar-refractivity contribution in [3.8, 4) is 0 Å². The van der Waals surface area contributed by atoms with Crippen LogP contribution in [0, 0.1) is 5.92 Å². The molecule has 0 aromatic carbocycles. The molecule has 2 atom stereocenters. The van der Waals surface area contributed by atoms with Gasteiger partial charge in [-0.1, -0.05) is 19.9 Å². The van der Waals surface area contributed by atoms with Crippen molar-refractivity contribution in [1.82, 2.24) is 10.2 Å². The molecule has 5 nitrogen and oxygen atoms in total. The fourth-order valence-corrected chi connectivity index (χ4v) is 3.42. The van der Waals surface area contributed by atoms with Crippen LogP contribution in [0.1, 0.15) is 37.6 Å². The molecule has 2 rings (SSSR count). The summed E-state index contributed by atoms with van der Waals surface area (Å²) in [6.45, 7) is 4.87. The van der Waals surface area contributed by atoms with E-state index in [2.05, 4.69) is 19.2 Å². The molecular formula is C14H20N2O3S. The largest absolute Gasteiger partial charge is 0.479 e. The zero-order valence-corrected chi connectivity index (χ0v) is 12.5. The molecule has 0 spiro atoms. The Kier molecular flexibility index (Phi) is 4.65. The van der Waals surface area contributed by atoms with E-state index in [0.717, 1.165) is 12.8 Å². The molecule has 2 unspecified atom stereocenters. The summed E-state index contributed by atoms with van der Waals surface area (Å²) >= 11 is 1.34. The highest BCUT2D eigenvalue weighted by atomic mass is 32.1. The lowest BCUT2D eigenvalue weighted by Crippen LogP contribution is -2.47. The van der Waals surface area contributed by atoms with Crippen LogP contribution in [0.15, 0.2) is 17.5 Å². The van der Waals surface area contributed by atoms with E-state index in [9.17, 15) is 14.7 Å². The maximum Gasteiger partial charge on any atom is 0.331 e. The highest BCUT2D eigenvalue weighted by Crippen LogP contribution is 2.25. The third kappa shape index (κ3) is 3.12. The molecule has 0 bridgehead atoms. The van der Waals surface area contributed by atoms with Gasteiger partial charge in [0.1, 0.15) is 0 Å². The van der Waals surface area contributed by atoms with Gasteiger partial charge in [-0.15, -0.1) is 11.3 Å². The number of likely N-dealkylation sites (tertiary alicyclic amines) is 1. The Morgan fingerprint density at radius 3 is 2.80 bits per heavy atom. The highest BCUT2D eigenvalue weighted by molar-refractivity contribution is 7.10. The molecule has 0 aliphatic carbocycles. The molecule has 1 aliphatic rings. The second kappa shape index (κ2) is 6.26. The van der Waals surface area contributed by atoms with Crippen LogP contribution >= 0.6 is 11.3 Å². The summed E-state index contributed by atoms with van der Waals surface area (Å²) in [5.41, 5.74) is 0. The van der Waals surface area contributed by atoms with Crippen molar-refractivity contribution in [3.05, 3.63) is 22.4 Å². The lowest BCUT2D eigenvalue weighted by atomic mass is 10.0. The number of nitrogens with one attached hydrogen (secondary N) is 1. The summed E-state index contributed by atoms with van der Waals surface area (Å²) in [7, 11) is 0. The van der Waals surface area contributed by atoms with Gasteiger partial charge in [-0.2, -0.15) is 0 Å². The summed E-state index contributed by atoms with van der Waals surface area (Å²) < 4.78 is 0. The van der Waals surface area contributed by atoms with Crippen LogP contribution in [0.3, 0.4) is 0 Å². The summed E-state index contributed by atoms with van der Waals surface area (Å²) in [5, 5.41) is 13.7. The first-order valence-corrected chi connectivity index (χ1v) is 7.72. The summed E-state index contributed by atoms with van der Waals surface area (Å²) in [5.74, 6) is -0.644. The number of hydrogen-bond donors (Lipinski definition) is 2. The average Bonchev–Trinajstić information content (AvgIpc) is 3.05. The number of thiophene rings is 1.